The molecule has 0 aliphatic carbocycles. The fourth-order valence-corrected chi connectivity index (χ4v) is 2.18. The molecule has 19 heavy (non-hydrogen) atoms. The van der Waals surface area contributed by atoms with Crippen LogP contribution >= 0.6 is 0 Å². The van der Waals surface area contributed by atoms with Gasteiger partial charge in [-0.15, -0.1) is 0 Å². The Morgan fingerprint density at radius 2 is 2.21 bits per heavy atom. The summed E-state index contributed by atoms with van der Waals surface area (Å²) in [5.74, 6) is 0.647. The standard InChI is InChI=1S/C14H21N3O2/c1-3-19-12-5-4-11(10-16-12)17-13(18)14(2)6-8-15-9-7-14/h4-5,10,15H,3,6-9H2,1-2H3,(H,17,18). The summed E-state index contributed by atoms with van der Waals surface area (Å²) in [4.78, 5) is 16.4. The molecule has 5 nitrogen and oxygen atoms in total. The van der Waals surface area contributed by atoms with Gasteiger partial charge in [0.2, 0.25) is 11.8 Å². The third-order valence-corrected chi connectivity index (χ3v) is 3.54. The monoisotopic (exact) mass is 263 g/mol. The van der Waals surface area contributed by atoms with E-state index in [0.717, 1.165) is 25.9 Å². The Hall–Kier alpha value is -1.62. The van der Waals surface area contributed by atoms with Crippen molar-refractivity contribution in [3.8, 4) is 5.88 Å². The van der Waals surface area contributed by atoms with Crippen LogP contribution in [-0.4, -0.2) is 30.6 Å². The van der Waals surface area contributed by atoms with Crippen molar-refractivity contribution >= 4 is 11.6 Å². The van der Waals surface area contributed by atoms with Gasteiger partial charge in [-0.2, -0.15) is 0 Å². The molecule has 104 valence electrons. The highest BCUT2D eigenvalue weighted by molar-refractivity contribution is 5.95. The van der Waals surface area contributed by atoms with Crippen LogP contribution in [0.15, 0.2) is 18.3 Å². The van der Waals surface area contributed by atoms with Crippen LogP contribution < -0.4 is 15.4 Å². The molecule has 1 aromatic heterocycles. The Kier molecular flexibility index (Phi) is 4.37. The smallest absolute Gasteiger partial charge is 0.230 e. The zero-order valence-electron chi connectivity index (χ0n) is 11.5. The van der Waals surface area contributed by atoms with Crippen molar-refractivity contribution in [3.05, 3.63) is 18.3 Å². The number of nitrogens with zero attached hydrogens (tertiary/aromatic N) is 1. The molecule has 1 aliphatic rings. The first-order chi connectivity index (χ1) is 9.14. The maximum Gasteiger partial charge on any atom is 0.230 e. The number of carbonyl (C=O) groups is 1. The highest BCUT2D eigenvalue weighted by Crippen LogP contribution is 2.29. The largest absolute Gasteiger partial charge is 0.478 e. The average molecular weight is 263 g/mol. The summed E-state index contributed by atoms with van der Waals surface area (Å²) in [6, 6.07) is 3.59. The topological polar surface area (TPSA) is 63.2 Å². The van der Waals surface area contributed by atoms with E-state index < -0.39 is 0 Å². The molecule has 5 heteroatoms. The predicted molar refractivity (Wildman–Crippen MR) is 74.2 cm³/mol. The molecule has 1 aliphatic heterocycles. The molecule has 2 rings (SSSR count). The van der Waals surface area contributed by atoms with Crippen LogP contribution in [0.5, 0.6) is 5.88 Å². The van der Waals surface area contributed by atoms with Gasteiger partial charge in [0.05, 0.1) is 18.5 Å². The molecule has 0 radical (unpaired) electrons. The number of hydrogen-bond donors (Lipinski definition) is 2. The van der Waals surface area contributed by atoms with Gasteiger partial charge in [-0.3, -0.25) is 4.79 Å². The fraction of sp³-hybridized carbons (Fsp3) is 0.571. The van der Waals surface area contributed by atoms with E-state index in [1.807, 2.05) is 19.9 Å². The van der Waals surface area contributed by atoms with Crippen molar-refractivity contribution in [2.24, 2.45) is 5.41 Å². The Balaban J connectivity index is 1.98. The zero-order chi connectivity index (χ0) is 13.7. The summed E-state index contributed by atoms with van der Waals surface area (Å²) < 4.78 is 5.27. The van der Waals surface area contributed by atoms with E-state index in [9.17, 15) is 4.79 Å². The average Bonchev–Trinajstić information content (AvgIpc) is 2.42. The fourth-order valence-electron chi connectivity index (χ4n) is 2.18. The Bertz CT molecular complexity index is 425. The molecule has 1 amide bonds. The van der Waals surface area contributed by atoms with Gasteiger partial charge in [0.1, 0.15) is 0 Å². The van der Waals surface area contributed by atoms with Gasteiger partial charge in [0.25, 0.3) is 0 Å². The number of pyridine rings is 1. The Labute approximate surface area is 113 Å². The van der Waals surface area contributed by atoms with Gasteiger partial charge in [0.15, 0.2) is 0 Å². The van der Waals surface area contributed by atoms with Crippen molar-refractivity contribution in [1.29, 1.82) is 0 Å². The number of carbonyl (C=O) groups excluding carboxylic acids is 1. The zero-order valence-corrected chi connectivity index (χ0v) is 11.5. The van der Waals surface area contributed by atoms with Crippen molar-refractivity contribution in [2.75, 3.05) is 25.0 Å². The van der Waals surface area contributed by atoms with Crippen LogP contribution in [-0.2, 0) is 4.79 Å². The number of aromatic nitrogens is 1. The molecule has 0 atom stereocenters. The van der Waals surface area contributed by atoms with E-state index in [4.69, 9.17) is 4.74 Å². The van der Waals surface area contributed by atoms with Gasteiger partial charge >= 0.3 is 0 Å². The summed E-state index contributed by atoms with van der Waals surface area (Å²) in [6.07, 6.45) is 3.36. The van der Waals surface area contributed by atoms with Gasteiger partial charge < -0.3 is 15.4 Å². The lowest BCUT2D eigenvalue weighted by Crippen LogP contribution is -2.42. The van der Waals surface area contributed by atoms with Crippen LogP contribution in [0.1, 0.15) is 26.7 Å². The third kappa shape index (κ3) is 3.44. The van der Waals surface area contributed by atoms with Crippen molar-refractivity contribution in [2.45, 2.75) is 26.7 Å². The molecule has 0 unspecified atom stereocenters. The number of ether oxygens (including phenoxy) is 1. The van der Waals surface area contributed by atoms with E-state index in [-0.39, 0.29) is 11.3 Å². The number of amides is 1. The first-order valence-corrected chi connectivity index (χ1v) is 6.75. The van der Waals surface area contributed by atoms with Gasteiger partial charge in [-0.1, -0.05) is 6.92 Å². The molecule has 0 spiro atoms. The molecule has 0 bridgehead atoms. The van der Waals surface area contributed by atoms with E-state index >= 15 is 0 Å². The van der Waals surface area contributed by atoms with Crippen molar-refractivity contribution in [1.82, 2.24) is 10.3 Å². The van der Waals surface area contributed by atoms with Crippen molar-refractivity contribution in [3.63, 3.8) is 0 Å². The molecular weight excluding hydrogens is 242 g/mol. The number of piperidine rings is 1. The molecule has 0 aromatic carbocycles. The summed E-state index contributed by atoms with van der Waals surface area (Å²) in [7, 11) is 0. The lowest BCUT2D eigenvalue weighted by atomic mass is 9.80. The highest BCUT2D eigenvalue weighted by atomic mass is 16.5. The molecule has 0 saturated carbocycles. The second-order valence-corrected chi connectivity index (χ2v) is 5.08. The second kappa shape index (κ2) is 6.02. The Morgan fingerprint density at radius 3 is 2.79 bits per heavy atom. The van der Waals surface area contributed by atoms with Gasteiger partial charge in [-0.25, -0.2) is 4.98 Å². The summed E-state index contributed by atoms with van der Waals surface area (Å²) in [5.41, 5.74) is 0.428. The maximum absolute atomic E-state index is 12.3. The first-order valence-electron chi connectivity index (χ1n) is 6.75. The molecule has 1 fully saturated rings. The van der Waals surface area contributed by atoms with E-state index in [1.54, 1.807) is 12.3 Å². The quantitative estimate of drug-likeness (QED) is 0.869. The molecule has 2 N–H and O–H groups in total. The second-order valence-electron chi connectivity index (χ2n) is 5.08. The van der Waals surface area contributed by atoms with Crippen LogP contribution in [0.25, 0.3) is 0 Å². The summed E-state index contributed by atoms with van der Waals surface area (Å²) in [5, 5.41) is 6.21. The van der Waals surface area contributed by atoms with Crippen molar-refractivity contribution < 1.29 is 9.53 Å². The molecular formula is C14H21N3O2. The summed E-state index contributed by atoms with van der Waals surface area (Å²) in [6.45, 7) is 6.31. The normalized spacial score (nSPS) is 17.8. The number of rotatable bonds is 4. The molecule has 2 heterocycles. The lowest BCUT2D eigenvalue weighted by Gasteiger charge is -2.32. The number of anilines is 1. The predicted octanol–water partition coefficient (Wildman–Crippen LogP) is 1.81. The lowest BCUT2D eigenvalue weighted by molar-refractivity contribution is -0.126. The van der Waals surface area contributed by atoms with Gasteiger partial charge in [0, 0.05) is 11.5 Å². The third-order valence-electron chi connectivity index (χ3n) is 3.54. The van der Waals surface area contributed by atoms with Crippen LogP contribution in [0.4, 0.5) is 5.69 Å². The van der Waals surface area contributed by atoms with E-state index in [1.165, 1.54) is 0 Å². The first kappa shape index (κ1) is 13.8. The minimum atomic E-state index is -0.288. The highest BCUT2D eigenvalue weighted by Gasteiger charge is 2.34. The number of hydrogen-bond acceptors (Lipinski definition) is 4. The molecule has 1 aromatic rings. The minimum Gasteiger partial charge on any atom is -0.478 e. The minimum absolute atomic E-state index is 0.0694. The van der Waals surface area contributed by atoms with Crippen LogP contribution in [0, 0.1) is 5.41 Å². The Morgan fingerprint density at radius 1 is 1.47 bits per heavy atom. The van der Waals surface area contributed by atoms with E-state index in [0.29, 0.717) is 18.2 Å². The SMILES string of the molecule is CCOc1ccc(NC(=O)C2(C)CCNCC2)cn1. The van der Waals surface area contributed by atoms with E-state index in [2.05, 4.69) is 15.6 Å². The maximum atomic E-state index is 12.3. The summed E-state index contributed by atoms with van der Waals surface area (Å²) >= 11 is 0. The van der Waals surface area contributed by atoms with Crippen LogP contribution in [0.3, 0.4) is 0 Å². The van der Waals surface area contributed by atoms with Gasteiger partial charge in [-0.05, 0) is 38.9 Å². The van der Waals surface area contributed by atoms with Crippen LogP contribution in [0.2, 0.25) is 0 Å². The molecule has 1 saturated heterocycles. The number of nitrogens with one attached hydrogen (secondary N) is 2.